The van der Waals surface area contributed by atoms with Crippen molar-refractivity contribution >= 4 is 42.7 Å². The Hall–Kier alpha value is -6.87. The molecule has 0 saturated carbocycles. The highest BCUT2D eigenvalue weighted by Gasteiger charge is 2.13. The second kappa shape index (κ2) is 23.8. The van der Waals surface area contributed by atoms with Crippen LogP contribution in [0.3, 0.4) is 0 Å². The number of hydrogen-bond acceptors (Lipinski definition) is 16. The van der Waals surface area contributed by atoms with E-state index in [-0.39, 0.29) is 52.4 Å². The molecule has 0 amide bonds. The summed E-state index contributed by atoms with van der Waals surface area (Å²) in [5, 5.41) is 41.6. The van der Waals surface area contributed by atoms with Crippen molar-refractivity contribution in [1.29, 1.82) is 0 Å². The Morgan fingerprint density at radius 2 is 0.756 bits per heavy atom. The first kappa shape index (κ1) is 42.6. The molecule has 0 aliphatic rings. The van der Waals surface area contributed by atoms with Crippen LogP contribution >= 0.6 is 0 Å². The van der Waals surface area contributed by atoms with E-state index < -0.39 is 23.9 Å². The van der Waals surface area contributed by atoms with E-state index in [1.54, 1.807) is 6.07 Å². The van der Waals surface area contributed by atoms with Gasteiger partial charge in [0.25, 0.3) is 0 Å². The maximum atomic E-state index is 10.2. The number of aldehydes is 3. The van der Waals surface area contributed by atoms with Crippen molar-refractivity contribution in [3.8, 4) is 0 Å². The molecule has 0 aliphatic carbocycles. The van der Waals surface area contributed by atoms with E-state index in [4.69, 9.17) is 49.8 Å². The van der Waals surface area contributed by atoms with E-state index in [2.05, 4.69) is 13.3 Å². The zero-order valence-corrected chi connectivity index (χ0v) is 21.9. The minimum atomic E-state index is -1.28. The number of hydrogen-bond donors (Lipinski definition) is 5. The van der Waals surface area contributed by atoms with E-state index in [0.29, 0.717) is 24.6 Å². The molecular formula is C24H20O21. The van der Waals surface area contributed by atoms with E-state index in [9.17, 15) is 33.6 Å². The van der Waals surface area contributed by atoms with Crippen molar-refractivity contribution in [3.05, 3.63) is 114 Å². The first-order chi connectivity index (χ1) is 20.9. The normalized spacial score (nSPS) is 8.47. The highest BCUT2D eigenvalue weighted by atomic mass is 16.7. The Morgan fingerprint density at radius 3 is 0.933 bits per heavy atom. The summed E-state index contributed by atoms with van der Waals surface area (Å²) in [6, 6.07) is 10.3. The van der Waals surface area contributed by atoms with E-state index in [1.165, 1.54) is 30.3 Å². The summed E-state index contributed by atoms with van der Waals surface area (Å²) < 4.78 is 18.2. The molecule has 0 bridgehead atoms. The fraction of sp³-hybridized carbons (Fsp3) is 0.0417. The van der Waals surface area contributed by atoms with Crippen molar-refractivity contribution in [2.75, 3.05) is 0 Å². The Morgan fingerprint density at radius 1 is 0.489 bits per heavy atom. The van der Waals surface area contributed by atoms with Gasteiger partial charge in [0.2, 0.25) is 23.0 Å². The summed E-state index contributed by atoms with van der Waals surface area (Å²) >= 11 is 0. The number of carbonyl (C=O) groups excluding carboxylic acids is 3. The van der Waals surface area contributed by atoms with Gasteiger partial charge in [0.15, 0.2) is 36.1 Å². The highest BCUT2D eigenvalue weighted by molar-refractivity contribution is 5.89. The zero-order chi connectivity index (χ0) is 34.2. The average Bonchev–Trinajstić information content (AvgIpc) is 3.85. The van der Waals surface area contributed by atoms with Gasteiger partial charge in [0, 0.05) is 19.9 Å². The van der Waals surface area contributed by atoms with Gasteiger partial charge in [-0.3, -0.25) is 14.4 Å². The molecule has 242 valence electrons. The molecule has 21 nitrogen and oxygen atoms in total. The predicted octanol–water partition coefficient (Wildman–Crippen LogP) is 2.15. The van der Waals surface area contributed by atoms with Crippen LogP contribution in [0.5, 0.6) is 0 Å². The molecule has 0 unspecified atom stereocenters. The molecular weight excluding hydrogens is 624 g/mol. The van der Waals surface area contributed by atoms with Crippen LogP contribution in [-0.2, 0) is 6.61 Å². The molecule has 4 aromatic heterocycles. The van der Waals surface area contributed by atoms with Crippen LogP contribution in [0, 0.1) is 19.9 Å². The lowest BCUT2D eigenvalue weighted by molar-refractivity contribution is 0.0623. The van der Waals surface area contributed by atoms with Crippen LogP contribution < -0.4 is 0 Å². The smallest absolute Gasteiger partial charge is 0.371 e. The third kappa shape index (κ3) is 16.2. The van der Waals surface area contributed by atoms with Gasteiger partial charge in [-0.05, 0) is 48.5 Å². The Bertz CT molecular complexity index is 1410. The van der Waals surface area contributed by atoms with Gasteiger partial charge in [-0.2, -0.15) is 0 Å². The van der Waals surface area contributed by atoms with Gasteiger partial charge in [0.1, 0.15) is 12.4 Å². The molecule has 0 aliphatic heterocycles. The van der Waals surface area contributed by atoms with Crippen LogP contribution in [0.25, 0.3) is 0 Å². The van der Waals surface area contributed by atoms with Gasteiger partial charge >= 0.3 is 23.9 Å². The number of aliphatic hydroxyl groups excluding tert-OH is 1. The third-order valence-electron chi connectivity index (χ3n) is 3.89. The van der Waals surface area contributed by atoms with Gasteiger partial charge < -0.3 is 48.7 Å². The fourth-order valence-electron chi connectivity index (χ4n) is 2.17. The van der Waals surface area contributed by atoms with Gasteiger partial charge in [-0.1, -0.05) is 0 Å². The highest BCUT2D eigenvalue weighted by Crippen LogP contribution is 2.07. The van der Waals surface area contributed by atoms with Crippen LogP contribution in [-0.4, -0.2) is 73.7 Å². The molecule has 0 aromatic carbocycles. The van der Waals surface area contributed by atoms with Gasteiger partial charge in [-0.15, -0.1) is 0 Å². The van der Waals surface area contributed by atoms with Crippen molar-refractivity contribution in [1.82, 2.24) is 0 Å². The van der Waals surface area contributed by atoms with Crippen LogP contribution in [0.15, 0.2) is 66.2 Å². The van der Waals surface area contributed by atoms with Crippen LogP contribution in [0.1, 0.15) is 79.6 Å². The average molecular weight is 644 g/mol. The first-order valence-corrected chi connectivity index (χ1v) is 10.6. The molecule has 21 heteroatoms. The Labute approximate surface area is 246 Å². The number of aromatic carboxylic acids is 4. The molecule has 0 radical (unpaired) electrons. The molecule has 0 atom stereocenters. The monoisotopic (exact) mass is 644 g/mol. The lowest BCUT2D eigenvalue weighted by atomic mass is 10.4. The summed E-state index contributed by atoms with van der Waals surface area (Å²) in [7, 11) is 0. The summed E-state index contributed by atoms with van der Waals surface area (Å²) in [6.45, 7) is -0.159. The van der Waals surface area contributed by atoms with Crippen molar-refractivity contribution < 1.29 is 82.2 Å². The molecule has 4 aromatic rings. The SMILES string of the molecule is O.O=C(O)c1ccc(C(=O)O)o1.O=Cc1ccc(C(=O)O)o1.O=Cc1ccc(C(=O)O)o1.O=Cc1ccc(CO)o1.O=O.O=O. The molecule has 4 heterocycles. The molecule has 0 saturated heterocycles. The summed E-state index contributed by atoms with van der Waals surface area (Å²) in [6.07, 6.45) is 1.50. The quantitative estimate of drug-likeness (QED) is 0.171. The topological polar surface area (TPSA) is 373 Å². The fourth-order valence-corrected chi connectivity index (χ4v) is 2.17. The molecule has 7 N–H and O–H groups in total. The number of aliphatic hydroxyl groups is 1. The lowest BCUT2D eigenvalue weighted by Gasteiger charge is -1.84. The number of rotatable bonds is 8. The lowest BCUT2D eigenvalue weighted by Crippen LogP contribution is -1.94. The molecule has 4 rings (SSSR count). The summed E-state index contributed by atoms with van der Waals surface area (Å²) in [5.74, 6) is -5.38. The number of furan rings is 4. The summed E-state index contributed by atoms with van der Waals surface area (Å²) in [4.78, 5) is 98.4. The maximum Gasteiger partial charge on any atom is 0.371 e. The van der Waals surface area contributed by atoms with Crippen molar-refractivity contribution in [2.24, 2.45) is 0 Å². The molecule has 45 heavy (non-hydrogen) atoms. The Kier molecular flexibility index (Phi) is 22.5. The van der Waals surface area contributed by atoms with Crippen molar-refractivity contribution in [2.45, 2.75) is 6.61 Å². The van der Waals surface area contributed by atoms with Crippen LogP contribution in [0.2, 0.25) is 0 Å². The molecule has 0 fully saturated rings. The van der Waals surface area contributed by atoms with Crippen LogP contribution in [0.4, 0.5) is 0 Å². The van der Waals surface area contributed by atoms with E-state index in [1.807, 2.05) is 0 Å². The first-order valence-electron chi connectivity index (χ1n) is 10.6. The second-order valence-corrected chi connectivity index (χ2v) is 6.60. The van der Waals surface area contributed by atoms with E-state index in [0.717, 1.165) is 12.1 Å². The maximum absolute atomic E-state index is 10.2. The van der Waals surface area contributed by atoms with Gasteiger partial charge in [0.05, 0.1) is 0 Å². The zero-order valence-electron chi connectivity index (χ0n) is 21.9. The largest absolute Gasteiger partial charge is 0.475 e. The number of carboxylic acid groups (broad SMARTS) is 4. The van der Waals surface area contributed by atoms with E-state index >= 15 is 0 Å². The number of carboxylic acids is 4. The minimum absolute atomic E-state index is 0. The predicted molar refractivity (Wildman–Crippen MR) is 142 cm³/mol. The second-order valence-electron chi connectivity index (χ2n) is 6.60. The van der Waals surface area contributed by atoms with Gasteiger partial charge in [-0.25, -0.2) is 19.2 Å². The summed E-state index contributed by atoms with van der Waals surface area (Å²) in [5.41, 5.74) is 0. The third-order valence-corrected chi connectivity index (χ3v) is 3.89. The standard InChI is InChI=1S/C6H4O5.2C6H4O4.C6H6O3.2O2.H2O/c7-5(8)3-1-2-4(11-3)6(9)10;2*7-3-4-1-2-5(10-4)6(8)9;7-3-5-1-2-6(4-8)9-5;2*1-2;/h1-2H,(H,7,8)(H,9,10);2*1-3H,(H,8,9);1-3,8H,4H2;;;1H2. The number of carbonyl (C=O) groups is 7. The van der Waals surface area contributed by atoms with Crippen molar-refractivity contribution in [3.63, 3.8) is 0 Å². The Balaban J connectivity index is -0.000000500. The molecule has 0 spiro atoms. The minimum Gasteiger partial charge on any atom is -0.475 e.